The van der Waals surface area contributed by atoms with E-state index < -0.39 is 17.9 Å². The fraction of sp³-hybridized carbons (Fsp3) is 0.471. The second-order valence-corrected chi connectivity index (χ2v) is 6.26. The van der Waals surface area contributed by atoms with E-state index in [1.807, 2.05) is 13.8 Å². The van der Waals surface area contributed by atoms with Crippen molar-refractivity contribution >= 4 is 23.5 Å². The molecule has 0 radical (unpaired) electrons. The zero-order valence-corrected chi connectivity index (χ0v) is 13.6. The Labute approximate surface area is 135 Å². The van der Waals surface area contributed by atoms with Crippen molar-refractivity contribution in [3.8, 4) is 0 Å². The van der Waals surface area contributed by atoms with Gasteiger partial charge in [-0.2, -0.15) is 0 Å². The number of carbonyl (C=O) groups excluding carboxylic acids is 2. The Morgan fingerprint density at radius 3 is 2.57 bits per heavy atom. The number of hydrogen-bond donors (Lipinski definition) is 2. The Morgan fingerprint density at radius 2 is 2.00 bits per heavy atom. The predicted molar refractivity (Wildman–Crippen MR) is 86.5 cm³/mol. The van der Waals surface area contributed by atoms with E-state index in [1.165, 1.54) is 6.92 Å². The largest absolute Gasteiger partial charge is 0.480 e. The molecule has 1 aromatic rings. The van der Waals surface area contributed by atoms with Gasteiger partial charge in [-0.1, -0.05) is 13.8 Å². The van der Waals surface area contributed by atoms with Gasteiger partial charge in [0, 0.05) is 24.7 Å². The van der Waals surface area contributed by atoms with Crippen LogP contribution in [0.2, 0.25) is 0 Å². The second kappa shape index (κ2) is 6.81. The van der Waals surface area contributed by atoms with Gasteiger partial charge < -0.3 is 15.3 Å². The lowest BCUT2D eigenvalue weighted by atomic mass is 10.0. The summed E-state index contributed by atoms with van der Waals surface area (Å²) in [5.74, 6) is -1.29. The van der Waals surface area contributed by atoms with Gasteiger partial charge in [0.05, 0.1) is 0 Å². The third-order valence-electron chi connectivity index (χ3n) is 3.93. The van der Waals surface area contributed by atoms with E-state index in [2.05, 4.69) is 5.32 Å². The third kappa shape index (κ3) is 3.88. The minimum atomic E-state index is -1.03. The summed E-state index contributed by atoms with van der Waals surface area (Å²) in [6, 6.07) is 4.21. The van der Waals surface area contributed by atoms with Crippen LogP contribution in [0.4, 0.5) is 5.69 Å². The van der Waals surface area contributed by atoms with Crippen LogP contribution in [0.5, 0.6) is 0 Å². The van der Waals surface area contributed by atoms with E-state index in [0.29, 0.717) is 24.9 Å². The molecule has 0 saturated carbocycles. The number of rotatable bonds is 5. The Balaban J connectivity index is 2.15. The van der Waals surface area contributed by atoms with Crippen LogP contribution in [-0.4, -0.2) is 35.5 Å². The molecule has 1 aliphatic heterocycles. The molecule has 0 spiro atoms. The number of carboxylic acids is 1. The molecule has 0 fully saturated rings. The van der Waals surface area contributed by atoms with E-state index >= 15 is 0 Å². The molecule has 2 amide bonds. The van der Waals surface area contributed by atoms with Crippen molar-refractivity contribution in [2.45, 2.75) is 39.7 Å². The smallest absolute Gasteiger partial charge is 0.326 e. The number of carboxylic acid groups (broad SMARTS) is 1. The van der Waals surface area contributed by atoms with Crippen LogP contribution in [0.3, 0.4) is 0 Å². The predicted octanol–water partition coefficient (Wildman–Crippen LogP) is 1.82. The van der Waals surface area contributed by atoms with Crippen LogP contribution < -0.4 is 10.2 Å². The Morgan fingerprint density at radius 1 is 1.30 bits per heavy atom. The molecule has 124 valence electrons. The lowest BCUT2D eigenvalue weighted by Gasteiger charge is -2.17. The maximum atomic E-state index is 12.3. The summed E-state index contributed by atoms with van der Waals surface area (Å²) in [4.78, 5) is 36.8. The number of carbonyl (C=O) groups is 3. The summed E-state index contributed by atoms with van der Waals surface area (Å²) >= 11 is 0. The molecule has 0 aromatic heterocycles. The van der Waals surface area contributed by atoms with Gasteiger partial charge in [0.2, 0.25) is 5.91 Å². The average molecular weight is 318 g/mol. The molecular weight excluding hydrogens is 296 g/mol. The molecule has 0 saturated heterocycles. The van der Waals surface area contributed by atoms with Crippen molar-refractivity contribution < 1.29 is 19.5 Å². The SMILES string of the molecule is CC(=O)N1CCc2cc(C(=O)N[C@H](CC(C)C)C(=O)O)ccc21. The molecule has 6 nitrogen and oxygen atoms in total. The Hall–Kier alpha value is -2.37. The number of amides is 2. The molecule has 0 bridgehead atoms. The van der Waals surface area contributed by atoms with E-state index in [0.717, 1.165) is 11.3 Å². The van der Waals surface area contributed by atoms with Crippen molar-refractivity contribution in [1.82, 2.24) is 5.32 Å². The van der Waals surface area contributed by atoms with Crippen molar-refractivity contribution in [2.24, 2.45) is 5.92 Å². The quantitative estimate of drug-likeness (QED) is 0.867. The molecule has 2 N–H and O–H groups in total. The van der Waals surface area contributed by atoms with Crippen molar-refractivity contribution in [3.63, 3.8) is 0 Å². The van der Waals surface area contributed by atoms with Gasteiger partial charge in [0.25, 0.3) is 5.91 Å². The Bertz CT molecular complexity index is 639. The molecule has 23 heavy (non-hydrogen) atoms. The minimum Gasteiger partial charge on any atom is -0.480 e. The van der Waals surface area contributed by atoms with Gasteiger partial charge in [-0.05, 0) is 42.5 Å². The van der Waals surface area contributed by atoms with Crippen LogP contribution in [-0.2, 0) is 16.0 Å². The first-order valence-electron chi connectivity index (χ1n) is 7.74. The first kappa shape index (κ1) is 17.0. The maximum Gasteiger partial charge on any atom is 0.326 e. The van der Waals surface area contributed by atoms with E-state index in [1.54, 1.807) is 23.1 Å². The third-order valence-corrected chi connectivity index (χ3v) is 3.93. The van der Waals surface area contributed by atoms with Crippen LogP contribution >= 0.6 is 0 Å². The number of anilines is 1. The van der Waals surface area contributed by atoms with E-state index in [4.69, 9.17) is 0 Å². The summed E-state index contributed by atoms with van der Waals surface area (Å²) in [7, 11) is 0. The highest BCUT2D eigenvalue weighted by Crippen LogP contribution is 2.28. The standard InChI is InChI=1S/C17H22N2O4/c1-10(2)8-14(17(22)23)18-16(21)13-4-5-15-12(9-13)6-7-19(15)11(3)20/h4-5,9-10,14H,6-8H2,1-3H3,(H,18,21)(H,22,23)/t14-/m1/s1. The van der Waals surface area contributed by atoms with E-state index in [9.17, 15) is 19.5 Å². The maximum absolute atomic E-state index is 12.3. The molecule has 6 heteroatoms. The van der Waals surface area contributed by atoms with Gasteiger partial charge in [-0.25, -0.2) is 4.79 Å². The van der Waals surface area contributed by atoms with Crippen LogP contribution in [0, 0.1) is 5.92 Å². The van der Waals surface area contributed by atoms with Crippen molar-refractivity contribution in [3.05, 3.63) is 29.3 Å². The van der Waals surface area contributed by atoms with Crippen molar-refractivity contribution in [2.75, 3.05) is 11.4 Å². The van der Waals surface area contributed by atoms with Crippen LogP contribution in [0.15, 0.2) is 18.2 Å². The van der Waals surface area contributed by atoms with Gasteiger partial charge in [0.15, 0.2) is 0 Å². The molecule has 0 unspecified atom stereocenters. The summed E-state index contributed by atoms with van der Waals surface area (Å²) < 4.78 is 0. The van der Waals surface area contributed by atoms with Gasteiger partial charge in [-0.3, -0.25) is 9.59 Å². The fourth-order valence-corrected chi connectivity index (χ4v) is 2.80. The molecular formula is C17H22N2O4. The normalized spacial score (nSPS) is 14.5. The molecule has 1 aromatic carbocycles. The first-order valence-corrected chi connectivity index (χ1v) is 7.74. The van der Waals surface area contributed by atoms with Crippen LogP contribution in [0.1, 0.15) is 43.1 Å². The highest BCUT2D eigenvalue weighted by molar-refractivity contribution is 5.99. The zero-order valence-electron chi connectivity index (χ0n) is 13.6. The number of nitrogens with zero attached hydrogens (tertiary/aromatic N) is 1. The zero-order chi connectivity index (χ0) is 17.1. The molecule has 0 aliphatic carbocycles. The number of hydrogen-bond acceptors (Lipinski definition) is 3. The highest BCUT2D eigenvalue weighted by atomic mass is 16.4. The molecule has 2 rings (SSSR count). The lowest BCUT2D eigenvalue weighted by molar-refractivity contribution is -0.139. The van der Waals surface area contributed by atoms with Crippen LogP contribution in [0.25, 0.3) is 0 Å². The number of aliphatic carboxylic acids is 1. The summed E-state index contributed by atoms with van der Waals surface area (Å²) in [5.41, 5.74) is 2.18. The number of fused-ring (bicyclic) bond motifs is 1. The Kier molecular flexibility index (Phi) is 5.03. The average Bonchev–Trinajstić information content (AvgIpc) is 2.88. The summed E-state index contributed by atoms with van der Waals surface area (Å²) in [6.45, 7) is 5.95. The number of benzene rings is 1. The molecule has 1 atom stereocenters. The fourth-order valence-electron chi connectivity index (χ4n) is 2.80. The summed E-state index contributed by atoms with van der Waals surface area (Å²) in [5, 5.41) is 11.8. The minimum absolute atomic E-state index is 0.0242. The van der Waals surface area contributed by atoms with Crippen molar-refractivity contribution in [1.29, 1.82) is 0 Å². The molecule has 1 heterocycles. The van der Waals surface area contributed by atoms with Gasteiger partial charge >= 0.3 is 5.97 Å². The van der Waals surface area contributed by atoms with Gasteiger partial charge in [0.1, 0.15) is 6.04 Å². The molecule has 1 aliphatic rings. The van der Waals surface area contributed by atoms with Gasteiger partial charge in [-0.15, -0.1) is 0 Å². The van der Waals surface area contributed by atoms with E-state index in [-0.39, 0.29) is 11.8 Å². The highest BCUT2D eigenvalue weighted by Gasteiger charge is 2.25. The lowest BCUT2D eigenvalue weighted by Crippen LogP contribution is -2.41. The second-order valence-electron chi connectivity index (χ2n) is 6.26. The number of nitrogens with one attached hydrogen (secondary N) is 1. The topological polar surface area (TPSA) is 86.7 Å². The summed E-state index contributed by atoms with van der Waals surface area (Å²) in [6.07, 6.45) is 1.08. The first-order chi connectivity index (χ1) is 10.8. The monoisotopic (exact) mass is 318 g/mol.